The predicted octanol–water partition coefficient (Wildman–Crippen LogP) is 2.49. The van der Waals surface area contributed by atoms with Crippen LogP contribution in [0.4, 0.5) is 5.69 Å². The summed E-state index contributed by atoms with van der Waals surface area (Å²) in [5.41, 5.74) is 2.65. The van der Waals surface area contributed by atoms with Gasteiger partial charge in [-0.25, -0.2) is 9.59 Å². The standard InChI is InChI=1S/C22H23N3O5/c1-29-16-8-6-15(7-9-16)25-12-10-24(11-13-25)14-19-20(30-22(28)21(26)27)17-4-2-3-5-18(17)23-19/h2-9,23H,10-14H2,1H3,(H,26,27). The summed E-state index contributed by atoms with van der Waals surface area (Å²) in [6.45, 7) is 3.91. The Hall–Kier alpha value is -3.52. The molecule has 2 N–H and O–H groups in total. The molecule has 3 aromatic rings. The van der Waals surface area contributed by atoms with E-state index in [9.17, 15) is 9.59 Å². The first-order valence-electron chi connectivity index (χ1n) is 9.71. The van der Waals surface area contributed by atoms with E-state index < -0.39 is 11.9 Å². The third kappa shape index (κ3) is 4.08. The summed E-state index contributed by atoms with van der Waals surface area (Å²) in [5, 5.41) is 9.62. The molecule has 1 aromatic heterocycles. The zero-order valence-electron chi connectivity index (χ0n) is 16.6. The monoisotopic (exact) mass is 409 g/mol. The number of aromatic nitrogens is 1. The van der Waals surface area contributed by atoms with Gasteiger partial charge in [-0.2, -0.15) is 0 Å². The van der Waals surface area contributed by atoms with E-state index in [4.69, 9.17) is 14.6 Å². The number of anilines is 1. The number of carboxylic acid groups (broad SMARTS) is 1. The smallest absolute Gasteiger partial charge is 0.422 e. The van der Waals surface area contributed by atoms with Crippen LogP contribution in [0.1, 0.15) is 5.69 Å². The van der Waals surface area contributed by atoms with Crippen LogP contribution in [0.3, 0.4) is 0 Å². The minimum atomic E-state index is -1.61. The van der Waals surface area contributed by atoms with Gasteiger partial charge >= 0.3 is 11.9 Å². The molecule has 1 saturated heterocycles. The van der Waals surface area contributed by atoms with Gasteiger partial charge in [-0.1, -0.05) is 12.1 Å². The van der Waals surface area contributed by atoms with Gasteiger partial charge in [0.15, 0.2) is 5.75 Å². The highest BCUT2D eigenvalue weighted by Crippen LogP contribution is 2.31. The summed E-state index contributed by atoms with van der Waals surface area (Å²) >= 11 is 0. The van der Waals surface area contributed by atoms with Crippen molar-refractivity contribution in [3.8, 4) is 11.5 Å². The van der Waals surface area contributed by atoms with Crippen molar-refractivity contribution < 1.29 is 24.2 Å². The molecule has 4 rings (SSSR count). The fourth-order valence-corrected chi connectivity index (χ4v) is 3.72. The number of esters is 1. The number of rotatable bonds is 5. The zero-order valence-corrected chi connectivity index (χ0v) is 16.6. The molecule has 0 aliphatic carbocycles. The minimum Gasteiger partial charge on any atom is -0.497 e. The van der Waals surface area contributed by atoms with Crippen molar-refractivity contribution in [2.75, 3.05) is 38.2 Å². The number of aromatic amines is 1. The Labute approximate surface area is 173 Å². The number of ether oxygens (including phenoxy) is 2. The molecule has 8 nitrogen and oxygen atoms in total. The Morgan fingerprint density at radius 1 is 1.03 bits per heavy atom. The Morgan fingerprint density at radius 3 is 2.40 bits per heavy atom. The SMILES string of the molecule is COc1ccc(N2CCN(Cc3[nH]c4ccccc4c3OC(=O)C(=O)O)CC2)cc1. The number of carbonyl (C=O) groups excluding carboxylic acids is 1. The van der Waals surface area contributed by atoms with Crippen LogP contribution in [-0.4, -0.2) is 60.2 Å². The summed E-state index contributed by atoms with van der Waals surface area (Å²) in [5.74, 6) is -1.78. The molecule has 1 aliphatic heterocycles. The minimum absolute atomic E-state index is 0.288. The molecule has 0 unspecified atom stereocenters. The largest absolute Gasteiger partial charge is 0.497 e. The number of H-pyrrole nitrogens is 1. The topological polar surface area (TPSA) is 95.1 Å². The van der Waals surface area contributed by atoms with Gasteiger partial charge in [0.1, 0.15) is 5.75 Å². The number of para-hydroxylation sites is 1. The fourth-order valence-electron chi connectivity index (χ4n) is 3.72. The Balaban J connectivity index is 1.47. The molecule has 1 aliphatic rings. The van der Waals surface area contributed by atoms with Gasteiger partial charge in [-0.15, -0.1) is 0 Å². The van der Waals surface area contributed by atoms with E-state index in [1.807, 2.05) is 30.3 Å². The van der Waals surface area contributed by atoms with Crippen LogP contribution in [0.15, 0.2) is 48.5 Å². The van der Waals surface area contributed by atoms with Gasteiger partial charge in [0.25, 0.3) is 0 Å². The molecule has 0 bridgehead atoms. The van der Waals surface area contributed by atoms with Crippen LogP contribution < -0.4 is 14.4 Å². The maximum atomic E-state index is 11.7. The van der Waals surface area contributed by atoms with Crippen LogP contribution in [0.2, 0.25) is 0 Å². The van der Waals surface area contributed by atoms with Gasteiger partial charge in [-0.3, -0.25) is 4.90 Å². The number of carbonyl (C=O) groups is 2. The lowest BCUT2D eigenvalue weighted by atomic mass is 10.2. The van der Waals surface area contributed by atoms with E-state index in [-0.39, 0.29) is 5.75 Å². The van der Waals surface area contributed by atoms with E-state index in [1.54, 1.807) is 13.2 Å². The molecule has 8 heteroatoms. The predicted molar refractivity (Wildman–Crippen MR) is 112 cm³/mol. The second-order valence-electron chi connectivity index (χ2n) is 7.13. The highest BCUT2D eigenvalue weighted by atomic mass is 16.6. The molecule has 156 valence electrons. The number of fused-ring (bicyclic) bond motifs is 1. The van der Waals surface area contributed by atoms with E-state index in [1.165, 1.54) is 0 Å². The third-order valence-electron chi connectivity index (χ3n) is 5.29. The van der Waals surface area contributed by atoms with E-state index in [0.29, 0.717) is 17.6 Å². The van der Waals surface area contributed by atoms with Crippen molar-refractivity contribution in [1.82, 2.24) is 9.88 Å². The van der Waals surface area contributed by atoms with Crippen LogP contribution in [0, 0.1) is 0 Å². The lowest BCUT2D eigenvalue weighted by Gasteiger charge is -2.36. The van der Waals surface area contributed by atoms with Crippen molar-refractivity contribution in [3.05, 3.63) is 54.2 Å². The summed E-state index contributed by atoms with van der Waals surface area (Å²) in [6, 6.07) is 15.4. The Kier molecular flexibility index (Phi) is 5.58. The second-order valence-corrected chi connectivity index (χ2v) is 7.13. The molecule has 30 heavy (non-hydrogen) atoms. The lowest BCUT2D eigenvalue weighted by Crippen LogP contribution is -2.46. The number of hydrogen-bond donors (Lipinski definition) is 2. The normalized spacial score (nSPS) is 14.6. The first-order valence-corrected chi connectivity index (χ1v) is 9.71. The van der Waals surface area contributed by atoms with Crippen molar-refractivity contribution in [3.63, 3.8) is 0 Å². The summed E-state index contributed by atoms with van der Waals surface area (Å²) < 4.78 is 10.4. The molecular formula is C22H23N3O5. The van der Waals surface area contributed by atoms with Gasteiger partial charge in [0.2, 0.25) is 0 Å². The number of benzene rings is 2. The molecule has 2 aromatic carbocycles. The number of aliphatic carboxylic acids is 1. The van der Waals surface area contributed by atoms with Crippen LogP contribution in [0.25, 0.3) is 10.9 Å². The van der Waals surface area contributed by atoms with Crippen LogP contribution in [-0.2, 0) is 16.1 Å². The van der Waals surface area contributed by atoms with E-state index in [2.05, 4.69) is 26.9 Å². The van der Waals surface area contributed by atoms with Crippen molar-refractivity contribution in [1.29, 1.82) is 0 Å². The molecule has 2 heterocycles. The summed E-state index contributed by atoms with van der Waals surface area (Å²) in [7, 11) is 1.65. The quantitative estimate of drug-likeness (QED) is 0.494. The number of nitrogens with one attached hydrogen (secondary N) is 1. The number of carboxylic acids is 1. The Morgan fingerprint density at radius 2 is 1.73 bits per heavy atom. The Bertz CT molecular complexity index is 1050. The average molecular weight is 409 g/mol. The number of piperazine rings is 1. The highest BCUT2D eigenvalue weighted by molar-refractivity contribution is 6.29. The van der Waals surface area contributed by atoms with Gasteiger partial charge < -0.3 is 24.5 Å². The van der Waals surface area contributed by atoms with Crippen LogP contribution >= 0.6 is 0 Å². The molecule has 0 amide bonds. The van der Waals surface area contributed by atoms with Gasteiger partial charge in [0.05, 0.1) is 12.8 Å². The van der Waals surface area contributed by atoms with Crippen molar-refractivity contribution in [2.45, 2.75) is 6.54 Å². The second kappa shape index (κ2) is 8.46. The van der Waals surface area contributed by atoms with Crippen molar-refractivity contribution >= 4 is 28.5 Å². The number of hydrogen-bond acceptors (Lipinski definition) is 6. The van der Waals surface area contributed by atoms with E-state index in [0.717, 1.165) is 43.1 Å². The summed E-state index contributed by atoms with van der Waals surface area (Å²) in [6.07, 6.45) is 0. The molecule has 0 saturated carbocycles. The maximum Gasteiger partial charge on any atom is 0.422 e. The number of methoxy groups -OCH3 is 1. The molecule has 0 atom stereocenters. The fraction of sp³-hybridized carbons (Fsp3) is 0.273. The maximum absolute atomic E-state index is 11.7. The average Bonchev–Trinajstić information content (AvgIpc) is 3.11. The summed E-state index contributed by atoms with van der Waals surface area (Å²) in [4.78, 5) is 30.5. The first-order chi connectivity index (χ1) is 14.5. The van der Waals surface area contributed by atoms with Crippen LogP contribution in [0.5, 0.6) is 11.5 Å². The molecule has 0 spiro atoms. The van der Waals surface area contributed by atoms with Crippen molar-refractivity contribution in [2.24, 2.45) is 0 Å². The van der Waals surface area contributed by atoms with Gasteiger partial charge in [0, 0.05) is 49.3 Å². The third-order valence-corrected chi connectivity index (χ3v) is 5.29. The molecule has 1 fully saturated rings. The molecular weight excluding hydrogens is 386 g/mol. The number of nitrogens with zero attached hydrogens (tertiary/aromatic N) is 2. The highest BCUT2D eigenvalue weighted by Gasteiger charge is 2.24. The zero-order chi connectivity index (χ0) is 21.1. The first kappa shape index (κ1) is 19.8. The van der Waals surface area contributed by atoms with E-state index >= 15 is 0 Å². The molecule has 0 radical (unpaired) electrons. The van der Waals surface area contributed by atoms with Gasteiger partial charge in [-0.05, 0) is 36.4 Å². The lowest BCUT2D eigenvalue weighted by molar-refractivity contribution is -0.158.